The zero-order valence-corrected chi connectivity index (χ0v) is 22.0. The average molecular weight is 537 g/mol. The number of nitrogens with one attached hydrogen (secondary N) is 1. The van der Waals surface area contributed by atoms with Crippen LogP contribution in [0.1, 0.15) is 11.3 Å². The van der Waals surface area contributed by atoms with Crippen molar-refractivity contribution in [2.24, 2.45) is 21.1 Å². The average Bonchev–Trinajstić information content (AvgIpc) is 3.34. The van der Waals surface area contributed by atoms with E-state index in [-0.39, 0.29) is 63.5 Å². The zero-order valence-electron chi connectivity index (χ0n) is 19.2. The molecule has 1 radical (unpaired) electrons. The van der Waals surface area contributed by atoms with Crippen LogP contribution in [0.15, 0.2) is 27.1 Å². The van der Waals surface area contributed by atoms with E-state index < -0.39 is 46.1 Å². The minimum atomic E-state index is -5.25. The van der Waals surface area contributed by atoms with Crippen molar-refractivity contribution in [1.29, 1.82) is 0 Å². The third kappa shape index (κ3) is 4.75. The van der Waals surface area contributed by atoms with Gasteiger partial charge in [-0.1, -0.05) is 0 Å². The van der Waals surface area contributed by atoms with Crippen LogP contribution >= 0.6 is 11.3 Å². The molecule has 185 valence electrons. The Morgan fingerprint density at radius 1 is 1.11 bits per heavy atom. The Morgan fingerprint density at radius 3 is 2.42 bits per heavy atom. The van der Waals surface area contributed by atoms with Crippen molar-refractivity contribution >= 4 is 63.0 Å². The maximum Gasteiger partial charge on any atom is 0.422 e. The molecule has 0 fully saturated rings. The van der Waals surface area contributed by atoms with E-state index in [2.05, 4.69) is 15.4 Å². The minimum absolute atomic E-state index is 0. The molecule has 0 aliphatic heterocycles. The fraction of sp³-hybridized carbons (Fsp3) is 0.250. The summed E-state index contributed by atoms with van der Waals surface area (Å²) in [6, 6.07) is 1.31. The first-order chi connectivity index (χ1) is 16.3. The van der Waals surface area contributed by atoms with Crippen LogP contribution in [0.4, 0.5) is 27.1 Å². The zero-order chi connectivity index (χ0) is 25.8. The van der Waals surface area contributed by atoms with Gasteiger partial charge in [-0.25, -0.2) is 18.6 Å². The second-order valence-corrected chi connectivity index (χ2v) is 8.38. The van der Waals surface area contributed by atoms with E-state index in [4.69, 9.17) is 0 Å². The predicted molar refractivity (Wildman–Crippen MR) is 122 cm³/mol. The minimum Gasteiger partial charge on any atom is -0.302 e. The number of halogens is 5. The SMILES string of the molecule is Cn1nc2c(c1CC(=O)Nc1nc(-c3ccc(F)c(C(F)(F)F)c3F)cs1)c(=O)n(C)c(=O)n2C.[Na]. The quantitative estimate of drug-likeness (QED) is 0.318. The van der Waals surface area contributed by atoms with Crippen molar-refractivity contribution < 1.29 is 26.7 Å². The van der Waals surface area contributed by atoms with Gasteiger partial charge in [0.2, 0.25) is 5.91 Å². The Balaban J connectivity index is 0.00000361. The van der Waals surface area contributed by atoms with Gasteiger partial charge < -0.3 is 5.32 Å². The van der Waals surface area contributed by atoms with Crippen LogP contribution in [-0.2, 0) is 38.5 Å². The van der Waals surface area contributed by atoms with Gasteiger partial charge in [0, 0.05) is 61.6 Å². The molecule has 3 aromatic heterocycles. The van der Waals surface area contributed by atoms with E-state index in [1.165, 1.54) is 31.2 Å². The third-order valence-corrected chi connectivity index (χ3v) is 6.04. The van der Waals surface area contributed by atoms with Crippen molar-refractivity contribution in [3.8, 4) is 11.3 Å². The summed E-state index contributed by atoms with van der Waals surface area (Å²) < 4.78 is 70.3. The van der Waals surface area contributed by atoms with E-state index in [1.54, 1.807) is 0 Å². The molecule has 0 unspecified atom stereocenters. The number of hydrogen-bond donors (Lipinski definition) is 1. The van der Waals surface area contributed by atoms with E-state index in [9.17, 15) is 36.3 Å². The van der Waals surface area contributed by atoms with Crippen LogP contribution < -0.4 is 16.6 Å². The fourth-order valence-corrected chi connectivity index (χ4v) is 4.28. The number of fused-ring (bicyclic) bond motifs is 1. The Kier molecular flexibility index (Phi) is 7.60. The van der Waals surface area contributed by atoms with Crippen LogP contribution in [0.25, 0.3) is 22.3 Å². The van der Waals surface area contributed by atoms with Crippen LogP contribution in [0.5, 0.6) is 0 Å². The molecule has 0 aliphatic carbocycles. The molecule has 1 N–H and O–H groups in total. The van der Waals surface area contributed by atoms with Gasteiger partial charge in [0.25, 0.3) is 5.56 Å². The summed E-state index contributed by atoms with van der Waals surface area (Å²) in [4.78, 5) is 41.3. The van der Waals surface area contributed by atoms with Crippen molar-refractivity contribution in [3.05, 3.63) is 61.2 Å². The number of aryl methyl sites for hydroxylation is 2. The van der Waals surface area contributed by atoms with Crippen LogP contribution in [-0.4, -0.2) is 59.4 Å². The summed E-state index contributed by atoms with van der Waals surface area (Å²) in [7, 11) is 4.21. The Labute approximate surface area is 224 Å². The van der Waals surface area contributed by atoms with Crippen LogP contribution in [0, 0.1) is 11.6 Å². The number of alkyl halides is 3. The van der Waals surface area contributed by atoms with Crippen molar-refractivity contribution in [3.63, 3.8) is 0 Å². The number of hydrogen-bond acceptors (Lipinski definition) is 6. The van der Waals surface area contributed by atoms with E-state index >= 15 is 0 Å². The van der Waals surface area contributed by atoms with E-state index in [1.807, 2.05) is 0 Å². The van der Waals surface area contributed by atoms with Gasteiger partial charge in [0.1, 0.15) is 22.6 Å². The Bertz CT molecular complexity index is 1620. The second-order valence-electron chi connectivity index (χ2n) is 7.52. The Hall–Kier alpha value is -2.88. The standard InChI is InChI=1S/C20H15F5N6O3S.Na/c1-29-16-13(17(33)30(2)19(29)34)11(31(3)28-16)6-12(32)27-18-26-10(7-35-18)8-4-5-9(21)14(15(8)22)20(23,24)25;/h4-5,7H,6H2,1-3H3,(H,26,27,32);. The number of rotatable bonds is 4. The van der Waals surface area contributed by atoms with E-state index in [0.717, 1.165) is 26.5 Å². The molecular weight excluding hydrogens is 522 g/mol. The van der Waals surface area contributed by atoms with Gasteiger partial charge in [-0.3, -0.25) is 23.4 Å². The third-order valence-electron chi connectivity index (χ3n) is 5.29. The first kappa shape index (κ1) is 27.7. The number of aromatic nitrogens is 5. The maximum atomic E-state index is 14.4. The second kappa shape index (κ2) is 9.88. The molecular formula is C20H15F5N6NaO3S. The smallest absolute Gasteiger partial charge is 0.302 e. The molecule has 0 aliphatic rings. The molecule has 16 heteroatoms. The molecule has 1 aromatic carbocycles. The van der Waals surface area contributed by atoms with Gasteiger partial charge in [0.15, 0.2) is 10.8 Å². The maximum absolute atomic E-state index is 14.4. The molecule has 0 saturated heterocycles. The van der Waals surface area contributed by atoms with Crippen molar-refractivity contribution in [2.45, 2.75) is 12.6 Å². The first-order valence-corrected chi connectivity index (χ1v) is 10.6. The molecule has 0 atom stereocenters. The largest absolute Gasteiger partial charge is 0.422 e. The van der Waals surface area contributed by atoms with Gasteiger partial charge in [-0.05, 0) is 12.1 Å². The normalized spacial score (nSPS) is 11.6. The molecule has 0 spiro atoms. The predicted octanol–water partition coefficient (Wildman–Crippen LogP) is 2.19. The van der Waals surface area contributed by atoms with Gasteiger partial charge in [-0.15, -0.1) is 11.3 Å². The number of carbonyl (C=O) groups excluding carboxylic acids is 1. The molecule has 4 rings (SSSR count). The monoisotopic (exact) mass is 537 g/mol. The molecule has 1 amide bonds. The van der Waals surface area contributed by atoms with Crippen LogP contribution in [0.3, 0.4) is 0 Å². The number of benzene rings is 1. The van der Waals surface area contributed by atoms with Crippen molar-refractivity contribution in [2.75, 3.05) is 5.32 Å². The molecule has 9 nitrogen and oxygen atoms in total. The number of nitrogens with zero attached hydrogens (tertiary/aromatic N) is 5. The summed E-state index contributed by atoms with van der Waals surface area (Å²) in [6.07, 6.45) is -5.60. The number of thiazole rings is 1. The number of carbonyl (C=O) groups is 1. The van der Waals surface area contributed by atoms with Crippen LogP contribution in [0.2, 0.25) is 0 Å². The van der Waals surface area contributed by atoms with Gasteiger partial charge in [0.05, 0.1) is 17.8 Å². The Morgan fingerprint density at radius 2 is 1.78 bits per heavy atom. The molecule has 4 aromatic rings. The summed E-state index contributed by atoms with van der Waals surface area (Å²) in [5.74, 6) is -4.22. The summed E-state index contributed by atoms with van der Waals surface area (Å²) in [6.45, 7) is 0. The molecule has 0 bridgehead atoms. The summed E-state index contributed by atoms with van der Waals surface area (Å²) in [5, 5.41) is 7.78. The topological polar surface area (TPSA) is 104 Å². The van der Waals surface area contributed by atoms with Crippen molar-refractivity contribution in [1.82, 2.24) is 23.9 Å². The number of anilines is 1. The summed E-state index contributed by atoms with van der Waals surface area (Å²) >= 11 is 0.811. The molecule has 36 heavy (non-hydrogen) atoms. The first-order valence-electron chi connectivity index (χ1n) is 9.73. The molecule has 3 heterocycles. The molecule has 0 saturated carbocycles. The van der Waals surface area contributed by atoms with E-state index in [0.29, 0.717) is 6.07 Å². The fourth-order valence-electron chi connectivity index (χ4n) is 3.55. The number of amides is 1. The summed E-state index contributed by atoms with van der Waals surface area (Å²) in [5.41, 5.74) is -3.78. The van der Waals surface area contributed by atoms with Gasteiger partial charge in [-0.2, -0.15) is 18.3 Å². The van der Waals surface area contributed by atoms with Gasteiger partial charge >= 0.3 is 11.9 Å².